The zero-order valence-electron chi connectivity index (χ0n) is 11.6. The summed E-state index contributed by atoms with van der Waals surface area (Å²) in [6.45, 7) is 6.89. The number of morpholine rings is 1. The van der Waals surface area contributed by atoms with E-state index in [0.29, 0.717) is 25.5 Å². The van der Waals surface area contributed by atoms with Crippen LogP contribution < -0.4 is 5.73 Å². The summed E-state index contributed by atoms with van der Waals surface area (Å²) < 4.78 is 5.33. The highest BCUT2D eigenvalue weighted by Crippen LogP contribution is 2.20. The van der Waals surface area contributed by atoms with Crippen molar-refractivity contribution in [2.75, 3.05) is 32.0 Å². The topological polar surface area (TPSA) is 68.5 Å². The number of Topliss-reactive ketones (excluding diaryl/α,β-unsaturated/α-hetero) is 1. The van der Waals surface area contributed by atoms with Crippen molar-refractivity contribution in [3.63, 3.8) is 0 Å². The van der Waals surface area contributed by atoms with Crippen LogP contribution in [0.5, 0.6) is 0 Å². The third-order valence-corrected chi connectivity index (χ3v) is 3.76. The molecule has 104 valence electrons. The fourth-order valence-electron chi connectivity index (χ4n) is 2.29. The number of carbonyl (C=O) groups is 1. The third-order valence-electron chi connectivity index (χ3n) is 3.76. The van der Waals surface area contributed by atoms with Crippen LogP contribution in [-0.4, -0.2) is 47.5 Å². The van der Waals surface area contributed by atoms with Gasteiger partial charge in [0.1, 0.15) is 5.82 Å². The minimum Gasteiger partial charge on any atom is -0.383 e. The van der Waals surface area contributed by atoms with Gasteiger partial charge in [0, 0.05) is 31.3 Å². The molecule has 0 radical (unpaired) electrons. The molecule has 1 fully saturated rings. The van der Waals surface area contributed by atoms with Gasteiger partial charge in [-0.25, -0.2) is 4.98 Å². The molecule has 2 rings (SSSR count). The molecule has 19 heavy (non-hydrogen) atoms. The Morgan fingerprint density at radius 1 is 1.47 bits per heavy atom. The Hall–Kier alpha value is -1.46. The second kappa shape index (κ2) is 5.67. The Kier molecular flexibility index (Phi) is 4.17. The Bertz CT molecular complexity index is 454. The lowest BCUT2D eigenvalue weighted by molar-refractivity contribution is -0.131. The highest BCUT2D eigenvalue weighted by molar-refractivity contribution is 5.90. The van der Waals surface area contributed by atoms with E-state index in [4.69, 9.17) is 10.5 Å². The van der Waals surface area contributed by atoms with Gasteiger partial charge in [-0.15, -0.1) is 0 Å². The quantitative estimate of drug-likeness (QED) is 0.873. The number of aromatic nitrogens is 1. The number of anilines is 1. The summed E-state index contributed by atoms with van der Waals surface area (Å²) >= 11 is 0. The minimum absolute atomic E-state index is 0.161. The molecule has 0 aromatic carbocycles. The monoisotopic (exact) mass is 263 g/mol. The third kappa shape index (κ3) is 3.11. The standard InChI is InChI=1S/C14H21N3O2/c1-14(2,17-6-8-19-9-7-17)12(18)10-11-4-3-5-16-13(11)15/h3-5H,6-10H2,1-2H3,(H2,15,16). The molecule has 0 bridgehead atoms. The SMILES string of the molecule is CC(C)(C(=O)Cc1cccnc1N)N1CCOCC1. The molecule has 1 aliphatic heterocycles. The maximum Gasteiger partial charge on any atom is 0.157 e. The number of nitrogen functional groups attached to an aromatic ring is 1. The van der Waals surface area contributed by atoms with Crippen molar-refractivity contribution in [1.82, 2.24) is 9.88 Å². The summed E-state index contributed by atoms with van der Waals surface area (Å²) in [6, 6.07) is 3.66. The first-order valence-corrected chi connectivity index (χ1v) is 6.57. The Morgan fingerprint density at radius 2 is 2.16 bits per heavy atom. The van der Waals surface area contributed by atoms with E-state index < -0.39 is 5.54 Å². The molecule has 0 amide bonds. The highest BCUT2D eigenvalue weighted by Gasteiger charge is 2.35. The zero-order chi connectivity index (χ0) is 13.9. The molecule has 1 saturated heterocycles. The van der Waals surface area contributed by atoms with Gasteiger partial charge in [0.15, 0.2) is 5.78 Å². The van der Waals surface area contributed by atoms with Crippen molar-refractivity contribution in [3.05, 3.63) is 23.9 Å². The second-order valence-corrected chi connectivity index (χ2v) is 5.31. The van der Waals surface area contributed by atoms with Crippen molar-refractivity contribution in [3.8, 4) is 0 Å². The fourth-order valence-corrected chi connectivity index (χ4v) is 2.29. The normalized spacial score (nSPS) is 17.4. The lowest BCUT2D eigenvalue weighted by Crippen LogP contribution is -2.54. The predicted molar refractivity (Wildman–Crippen MR) is 73.8 cm³/mol. The lowest BCUT2D eigenvalue weighted by atomic mass is 9.91. The van der Waals surface area contributed by atoms with Gasteiger partial charge in [-0.3, -0.25) is 9.69 Å². The second-order valence-electron chi connectivity index (χ2n) is 5.31. The molecule has 0 atom stereocenters. The number of carbonyl (C=O) groups excluding carboxylic acids is 1. The van der Waals surface area contributed by atoms with Crippen LogP contribution in [0, 0.1) is 0 Å². The Labute approximate surface area is 113 Å². The number of hydrogen-bond acceptors (Lipinski definition) is 5. The van der Waals surface area contributed by atoms with Gasteiger partial charge in [0.25, 0.3) is 0 Å². The summed E-state index contributed by atoms with van der Waals surface area (Å²) in [6.07, 6.45) is 1.96. The van der Waals surface area contributed by atoms with E-state index in [1.54, 1.807) is 12.3 Å². The van der Waals surface area contributed by atoms with E-state index in [-0.39, 0.29) is 5.78 Å². The first kappa shape index (κ1) is 14.0. The van der Waals surface area contributed by atoms with Gasteiger partial charge in [-0.1, -0.05) is 6.07 Å². The molecule has 1 aromatic heterocycles. The van der Waals surface area contributed by atoms with Crippen LogP contribution in [-0.2, 0) is 16.0 Å². The summed E-state index contributed by atoms with van der Waals surface area (Å²) in [4.78, 5) is 18.7. The average Bonchev–Trinajstić information content (AvgIpc) is 2.42. The maximum atomic E-state index is 12.5. The largest absolute Gasteiger partial charge is 0.383 e. The van der Waals surface area contributed by atoms with Crippen molar-refractivity contribution in [1.29, 1.82) is 0 Å². The Balaban J connectivity index is 2.08. The summed E-state index contributed by atoms with van der Waals surface area (Å²) in [5.41, 5.74) is 6.10. The molecule has 1 aliphatic rings. The van der Waals surface area contributed by atoms with Crippen LogP contribution in [0.1, 0.15) is 19.4 Å². The number of rotatable bonds is 4. The van der Waals surface area contributed by atoms with Gasteiger partial charge in [0.05, 0.1) is 18.8 Å². The maximum absolute atomic E-state index is 12.5. The Morgan fingerprint density at radius 3 is 2.79 bits per heavy atom. The van der Waals surface area contributed by atoms with Gasteiger partial charge >= 0.3 is 0 Å². The molecular weight excluding hydrogens is 242 g/mol. The molecule has 5 heteroatoms. The van der Waals surface area contributed by atoms with Crippen LogP contribution in [0.2, 0.25) is 0 Å². The predicted octanol–water partition coefficient (Wildman–Crippen LogP) is 0.886. The smallest absolute Gasteiger partial charge is 0.157 e. The van der Waals surface area contributed by atoms with Crippen LogP contribution in [0.25, 0.3) is 0 Å². The van der Waals surface area contributed by atoms with Crippen molar-refractivity contribution in [2.24, 2.45) is 0 Å². The average molecular weight is 263 g/mol. The number of pyridine rings is 1. The van der Waals surface area contributed by atoms with E-state index in [0.717, 1.165) is 18.7 Å². The van der Waals surface area contributed by atoms with E-state index in [1.165, 1.54) is 0 Å². The number of nitrogens with two attached hydrogens (primary N) is 1. The van der Waals surface area contributed by atoms with Crippen molar-refractivity contribution in [2.45, 2.75) is 25.8 Å². The van der Waals surface area contributed by atoms with E-state index >= 15 is 0 Å². The van der Waals surface area contributed by atoms with E-state index in [1.807, 2.05) is 19.9 Å². The summed E-state index contributed by atoms with van der Waals surface area (Å²) in [5, 5.41) is 0. The minimum atomic E-state index is -0.494. The number of ether oxygens (including phenoxy) is 1. The van der Waals surface area contributed by atoms with Gasteiger partial charge in [-0.2, -0.15) is 0 Å². The van der Waals surface area contributed by atoms with Crippen LogP contribution in [0.15, 0.2) is 18.3 Å². The van der Waals surface area contributed by atoms with E-state index in [9.17, 15) is 4.79 Å². The van der Waals surface area contributed by atoms with Gasteiger partial charge in [0.2, 0.25) is 0 Å². The van der Waals surface area contributed by atoms with Crippen LogP contribution >= 0.6 is 0 Å². The number of ketones is 1. The zero-order valence-corrected chi connectivity index (χ0v) is 11.6. The van der Waals surface area contributed by atoms with Crippen molar-refractivity contribution < 1.29 is 9.53 Å². The van der Waals surface area contributed by atoms with Gasteiger partial charge < -0.3 is 10.5 Å². The lowest BCUT2D eigenvalue weighted by Gasteiger charge is -2.39. The number of hydrogen-bond donors (Lipinski definition) is 1. The van der Waals surface area contributed by atoms with E-state index in [2.05, 4.69) is 9.88 Å². The van der Waals surface area contributed by atoms with Gasteiger partial charge in [-0.05, 0) is 19.9 Å². The molecule has 1 aromatic rings. The first-order valence-electron chi connectivity index (χ1n) is 6.57. The molecule has 0 saturated carbocycles. The first-order chi connectivity index (χ1) is 9.01. The fraction of sp³-hybridized carbons (Fsp3) is 0.571. The van der Waals surface area contributed by atoms with Crippen LogP contribution in [0.3, 0.4) is 0 Å². The van der Waals surface area contributed by atoms with Crippen LogP contribution in [0.4, 0.5) is 5.82 Å². The molecule has 0 spiro atoms. The highest BCUT2D eigenvalue weighted by atomic mass is 16.5. The molecular formula is C14H21N3O2. The van der Waals surface area contributed by atoms with Crippen molar-refractivity contribution >= 4 is 11.6 Å². The molecule has 2 heterocycles. The molecule has 5 nitrogen and oxygen atoms in total. The summed E-state index contributed by atoms with van der Waals surface area (Å²) in [5.74, 6) is 0.600. The number of nitrogens with zero attached hydrogens (tertiary/aromatic N) is 2. The molecule has 2 N–H and O–H groups in total. The molecule has 0 unspecified atom stereocenters. The summed E-state index contributed by atoms with van der Waals surface area (Å²) in [7, 11) is 0. The molecule has 0 aliphatic carbocycles.